The van der Waals surface area contributed by atoms with Crippen molar-refractivity contribution in [2.24, 2.45) is 11.8 Å². The Bertz CT molecular complexity index is 588. The average molecular weight is 318 g/mol. The zero-order valence-electron chi connectivity index (χ0n) is 13.4. The minimum atomic E-state index is -0.933. The third kappa shape index (κ3) is 4.31. The van der Waals surface area contributed by atoms with Gasteiger partial charge in [-0.25, -0.2) is 0 Å². The molecule has 1 saturated heterocycles. The average Bonchev–Trinajstić information content (AvgIpc) is 2.88. The minimum Gasteiger partial charge on any atom is -0.481 e. The lowest BCUT2D eigenvalue weighted by Gasteiger charge is -2.23. The summed E-state index contributed by atoms with van der Waals surface area (Å²) in [6, 6.07) is 9.64. The van der Waals surface area contributed by atoms with Crippen molar-refractivity contribution >= 4 is 17.8 Å². The first-order valence-electron chi connectivity index (χ1n) is 7.68. The number of carbonyl (C=O) groups is 3. The molecule has 0 aliphatic carbocycles. The Morgan fingerprint density at radius 2 is 2.00 bits per heavy atom. The second-order valence-corrected chi connectivity index (χ2v) is 6.12. The topological polar surface area (TPSA) is 77.9 Å². The van der Waals surface area contributed by atoms with Crippen LogP contribution in [-0.4, -0.2) is 52.8 Å². The van der Waals surface area contributed by atoms with Crippen LogP contribution < -0.4 is 0 Å². The number of carboxylic acids is 1. The van der Waals surface area contributed by atoms with Crippen molar-refractivity contribution in [3.05, 3.63) is 35.9 Å². The Balaban J connectivity index is 1.93. The quantitative estimate of drug-likeness (QED) is 0.855. The van der Waals surface area contributed by atoms with Gasteiger partial charge in [-0.1, -0.05) is 37.3 Å². The molecule has 124 valence electrons. The zero-order chi connectivity index (χ0) is 17.0. The molecule has 2 atom stereocenters. The molecule has 0 bridgehead atoms. The predicted molar refractivity (Wildman–Crippen MR) is 84.4 cm³/mol. The SMILES string of the molecule is CC(CN(C)C(=O)C1CC(=O)N(Cc2ccccc2)C1)C(=O)O. The first-order valence-corrected chi connectivity index (χ1v) is 7.68. The Hall–Kier alpha value is -2.37. The zero-order valence-corrected chi connectivity index (χ0v) is 13.4. The van der Waals surface area contributed by atoms with E-state index in [9.17, 15) is 14.4 Å². The highest BCUT2D eigenvalue weighted by atomic mass is 16.4. The number of aliphatic carboxylic acids is 1. The Morgan fingerprint density at radius 3 is 2.61 bits per heavy atom. The van der Waals surface area contributed by atoms with Gasteiger partial charge in [0.05, 0.1) is 11.8 Å². The van der Waals surface area contributed by atoms with E-state index in [-0.39, 0.29) is 24.8 Å². The van der Waals surface area contributed by atoms with Gasteiger partial charge < -0.3 is 14.9 Å². The number of amides is 2. The minimum absolute atomic E-state index is 0.0353. The smallest absolute Gasteiger partial charge is 0.308 e. The maximum absolute atomic E-state index is 12.4. The molecular weight excluding hydrogens is 296 g/mol. The fourth-order valence-corrected chi connectivity index (χ4v) is 2.78. The van der Waals surface area contributed by atoms with Crippen molar-refractivity contribution in [2.45, 2.75) is 19.9 Å². The molecule has 1 aromatic carbocycles. The van der Waals surface area contributed by atoms with Crippen molar-refractivity contribution in [3.63, 3.8) is 0 Å². The summed E-state index contributed by atoms with van der Waals surface area (Å²) in [4.78, 5) is 38.5. The van der Waals surface area contributed by atoms with Crippen LogP contribution in [0.25, 0.3) is 0 Å². The molecule has 1 aliphatic heterocycles. The van der Waals surface area contributed by atoms with Gasteiger partial charge in [-0.2, -0.15) is 0 Å². The molecule has 6 heteroatoms. The third-order valence-electron chi connectivity index (χ3n) is 4.13. The highest BCUT2D eigenvalue weighted by Crippen LogP contribution is 2.22. The molecule has 0 saturated carbocycles. The third-order valence-corrected chi connectivity index (χ3v) is 4.13. The van der Waals surface area contributed by atoms with Crippen LogP contribution in [0, 0.1) is 11.8 Å². The van der Waals surface area contributed by atoms with E-state index >= 15 is 0 Å². The van der Waals surface area contributed by atoms with E-state index < -0.39 is 17.8 Å². The van der Waals surface area contributed by atoms with Gasteiger partial charge in [-0.15, -0.1) is 0 Å². The van der Waals surface area contributed by atoms with E-state index in [0.717, 1.165) is 5.56 Å². The second kappa shape index (κ2) is 7.26. The fraction of sp³-hybridized carbons (Fsp3) is 0.471. The van der Waals surface area contributed by atoms with Gasteiger partial charge in [0, 0.05) is 33.1 Å². The number of hydrogen-bond acceptors (Lipinski definition) is 3. The standard InChI is InChI=1S/C17H22N2O4/c1-12(17(22)23)9-18(2)16(21)14-8-15(20)19(11-14)10-13-6-4-3-5-7-13/h3-7,12,14H,8-11H2,1-2H3,(H,22,23). The molecule has 0 spiro atoms. The van der Waals surface area contributed by atoms with E-state index in [1.165, 1.54) is 4.90 Å². The van der Waals surface area contributed by atoms with E-state index in [4.69, 9.17) is 5.11 Å². The first-order chi connectivity index (χ1) is 10.9. The number of hydrogen-bond donors (Lipinski definition) is 1. The maximum atomic E-state index is 12.4. The number of carbonyl (C=O) groups excluding carboxylic acids is 2. The number of likely N-dealkylation sites (tertiary alicyclic amines) is 1. The highest BCUT2D eigenvalue weighted by Gasteiger charge is 2.36. The van der Waals surface area contributed by atoms with Crippen molar-refractivity contribution in [2.75, 3.05) is 20.1 Å². The van der Waals surface area contributed by atoms with Crippen LogP contribution in [0.1, 0.15) is 18.9 Å². The second-order valence-electron chi connectivity index (χ2n) is 6.12. The number of rotatable bonds is 6. The molecule has 1 heterocycles. The van der Waals surface area contributed by atoms with Gasteiger partial charge in [-0.05, 0) is 5.56 Å². The summed E-state index contributed by atoms with van der Waals surface area (Å²) in [5, 5.41) is 8.93. The van der Waals surface area contributed by atoms with E-state index in [0.29, 0.717) is 13.1 Å². The lowest BCUT2D eigenvalue weighted by atomic mass is 10.1. The van der Waals surface area contributed by atoms with Crippen molar-refractivity contribution in [1.29, 1.82) is 0 Å². The molecule has 1 aromatic rings. The van der Waals surface area contributed by atoms with Crippen LogP contribution >= 0.6 is 0 Å². The Kier molecular flexibility index (Phi) is 5.36. The molecule has 1 aliphatic rings. The Labute approximate surface area is 135 Å². The van der Waals surface area contributed by atoms with Gasteiger partial charge >= 0.3 is 5.97 Å². The summed E-state index contributed by atoms with van der Waals surface area (Å²) < 4.78 is 0. The van der Waals surface area contributed by atoms with Crippen molar-refractivity contribution < 1.29 is 19.5 Å². The summed E-state index contributed by atoms with van der Waals surface area (Å²) in [6.07, 6.45) is 0.192. The number of nitrogens with zero attached hydrogens (tertiary/aromatic N) is 2. The van der Waals surface area contributed by atoms with Crippen LogP contribution in [0.15, 0.2) is 30.3 Å². The number of benzene rings is 1. The van der Waals surface area contributed by atoms with Crippen LogP contribution in [0.4, 0.5) is 0 Å². The summed E-state index contributed by atoms with van der Waals surface area (Å²) >= 11 is 0. The number of carboxylic acid groups (broad SMARTS) is 1. The fourth-order valence-electron chi connectivity index (χ4n) is 2.78. The molecule has 23 heavy (non-hydrogen) atoms. The molecule has 2 amide bonds. The summed E-state index contributed by atoms with van der Waals surface area (Å²) in [7, 11) is 1.59. The van der Waals surface area contributed by atoms with Crippen LogP contribution in [0.3, 0.4) is 0 Å². The van der Waals surface area contributed by atoms with Crippen LogP contribution in [0.2, 0.25) is 0 Å². The molecule has 2 rings (SSSR count). The van der Waals surface area contributed by atoms with Gasteiger partial charge in [0.25, 0.3) is 0 Å². The van der Waals surface area contributed by atoms with Gasteiger partial charge in [0.2, 0.25) is 11.8 Å². The summed E-state index contributed by atoms with van der Waals surface area (Å²) in [5.74, 6) is -2.15. The molecule has 0 radical (unpaired) electrons. The predicted octanol–water partition coefficient (Wildman–Crippen LogP) is 1.21. The summed E-state index contributed by atoms with van der Waals surface area (Å²) in [5.41, 5.74) is 1.03. The molecule has 1 N–H and O–H groups in total. The largest absolute Gasteiger partial charge is 0.481 e. The molecule has 6 nitrogen and oxygen atoms in total. The van der Waals surface area contributed by atoms with Crippen LogP contribution in [0.5, 0.6) is 0 Å². The molecule has 2 unspecified atom stereocenters. The lowest BCUT2D eigenvalue weighted by molar-refractivity contribution is -0.143. The van der Waals surface area contributed by atoms with Crippen molar-refractivity contribution in [3.8, 4) is 0 Å². The van der Waals surface area contributed by atoms with Gasteiger partial charge in [0.15, 0.2) is 0 Å². The first kappa shape index (κ1) is 17.0. The van der Waals surface area contributed by atoms with Crippen molar-refractivity contribution in [1.82, 2.24) is 9.80 Å². The monoisotopic (exact) mass is 318 g/mol. The Morgan fingerprint density at radius 1 is 1.35 bits per heavy atom. The van der Waals surface area contributed by atoms with E-state index in [2.05, 4.69) is 0 Å². The maximum Gasteiger partial charge on any atom is 0.308 e. The normalized spacial score (nSPS) is 18.8. The van der Waals surface area contributed by atoms with Crippen LogP contribution in [-0.2, 0) is 20.9 Å². The molecular formula is C17H22N2O4. The van der Waals surface area contributed by atoms with E-state index in [1.54, 1.807) is 18.9 Å². The van der Waals surface area contributed by atoms with Gasteiger partial charge in [0.1, 0.15) is 0 Å². The molecule has 1 fully saturated rings. The van der Waals surface area contributed by atoms with E-state index in [1.807, 2.05) is 30.3 Å². The lowest BCUT2D eigenvalue weighted by Crippen LogP contribution is -2.38. The highest BCUT2D eigenvalue weighted by molar-refractivity contribution is 5.89. The molecule has 0 aromatic heterocycles. The van der Waals surface area contributed by atoms with Gasteiger partial charge in [-0.3, -0.25) is 14.4 Å². The summed E-state index contributed by atoms with van der Waals surface area (Å²) in [6.45, 7) is 2.60.